The maximum atomic E-state index is 11.0. The highest BCUT2D eigenvalue weighted by atomic mass is 16.5. The van der Waals surface area contributed by atoms with Crippen molar-refractivity contribution < 1.29 is 14.6 Å². The smallest absolute Gasteiger partial charge is 0.407 e. The normalized spacial score (nSPS) is 31.6. The van der Waals surface area contributed by atoms with Crippen molar-refractivity contribution >= 4 is 6.09 Å². The minimum Gasteiger partial charge on any atom is -0.465 e. The van der Waals surface area contributed by atoms with Crippen molar-refractivity contribution in [3.8, 4) is 0 Å². The van der Waals surface area contributed by atoms with E-state index < -0.39 is 6.09 Å². The largest absolute Gasteiger partial charge is 0.465 e. The Morgan fingerprint density at radius 1 is 1.22 bits per heavy atom. The number of carbonyl (C=O) groups is 1. The van der Waals surface area contributed by atoms with E-state index in [2.05, 4.69) is 18.7 Å². The second kappa shape index (κ2) is 5.89. The van der Waals surface area contributed by atoms with Gasteiger partial charge >= 0.3 is 6.09 Å². The number of amides is 1. The Kier molecular flexibility index (Phi) is 4.45. The van der Waals surface area contributed by atoms with Gasteiger partial charge in [0.1, 0.15) is 0 Å². The van der Waals surface area contributed by atoms with Gasteiger partial charge in [0.2, 0.25) is 0 Å². The van der Waals surface area contributed by atoms with E-state index in [0.717, 1.165) is 32.6 Å². The molecule has 1 amide bonds. The molecule has 2 rings (SSSR count). The molecule has 0 bridgehead atoms. The predicted octanol–water partition coefficient (Wildman–Crippen LogP) is 1.49. The van der Waals surface area contributed by atoms with E-state index in [9.17, 15) is 4.79 Å². The summed E-state index contributed by atoms with van der Waals surface area (Å²) >= 11 is 0. The van der Waals surface area contributed by atoms with Crippen LogP contribution in [-0.2, 0) is 4.74 Å². The van der Waals surface area contributed by atoms with Gasteiger partial charge in [-0.1, -0.05) is 0 Å². The summed E-state index contributed by atoms with van der Waals surface area (Å²) in [5.41, 5.74) is 0. The second-order valence-corrected chi connectivity index (χ2v) is 5.64. The van der Waals surface area contributed by atoms with Gasteiger partial charge in [0.15, 0.2) is 0 Å². The van der Waals surface area contributed by atoms with Crippen LogP contribution in [0.1, 0.15) is 26.7 Å². The highest BCUT2D eigenvalue weighted by Crippen LogP contribution is 2.22. The molecular formula is C13H24N2O3. The second-order valence-electron chi connectivity index (χ2n) is 5.64. The Bertz CT molecular complexity index is 280. The molecule has 0 aromatic carbocycles. The molecule has 2 atom stereocenters. The number of hydrogen-bond donors (Lipinski definition) is 1. The molecule has 2 heterocycles. The summed E-state index contributed by atoms with van der Waals surface area (Å²) in [7, 11) is 0. The van der Waals surface area contributed by atoms with Crippen LogP contribution in [0.3, 0.4) is 0 Å². The van der Waals surface area contributed by atoms with Crippen LogP contribution in [0.2, 0.25) is 0 Å². The van der Waals surface area contributed by atoms with Crippen molar-refractivity contribution in [3.05, 3.63) is 0 Å². The monoisotopic (exact) mass is 256 g/mol. The van der Waals surface area contributed by atoms with Crippen LogP contribution < -0.4 is 0 Å². The SMILES string of the molecule is CC1CN(C(=O)O)CC(C)N1CC1CCOCC1. The quantitative estimate of drug-likeness (QED) is 0.813. The number of rotatable bonds is 2. The van der Waals surface area contributed by atoms with E-state index in [4.69, 9.17) is 9.84 Å². The summed E-state index contributed by atoms with van der Waals surface area (Å²) in [5.74, 6) is 0.708. The Hall–Kier alpha value is -0.810. The summed E-state index contributed by atoms with van der Waals surface area (Å²) in [6.45, 7) is 8.35. The first-order valence-corrected chi connectivity index (χ1v) is 6.89. The average Bonchev–Trinajstić information content (AvgIpc) is 2.34. The third kappa shape index (κ3) is 3.14. The lowest BCUT2D eigenvalue weighted by Crippen LogP contribution is -2.58. The molecule has 0 aromatic heterocycles. The average molecular weight is 256 g/mol. The highest BCUT2D eigenvalue weighted by Gasteiger charge is 2.33. The van der Waals surface area contributed by atoms with Gasteiger partial charge in [0, 0.05) is 44.9 Å². The number of piperazine rings is 1. The first-order valence-electron chi connectivity index (χ1n) is 6.89. The molecule has 104 valence electrons. The molecular weight excluding hydrogens is 232 g/mol. The molecule has 2 aliphatic heterocycles. The van der Waals surface area contributed by atoms with Crippen LogP contribution in [0.25, 0.3) is 0 Å². The topological polar surface area (TPSA) is 53.0 Å². The van der Waals surface area contributed by atoms with E-state index >= 15 is 0 Å². The zero-order valence-corrected chi connectivity index (χ0v) is 11.3. The Morgan fingerprint density at radius 3 is 2.28 bits per heavy atom. The minimum atomic E-state index is -0.792. The molecule has 2 saturated heterocycles. The van der Waals surface area contributed by atoms with Crippen molar-refractivity contribution in [1.29, 1.82) is 0 Å². The molecule has 0 saturated carbocycles. The molecule has 18 heavy (non-hydrogen) atoms. The first-order chi connectivity index (χ1) is 8.58. The van der Waals surface area contributed by atoms with Crippen LogP contribution in [0.4, 0.5) is 4.79 Å². The summed E-state index contributed by atoms with van der Waals surface area (Å²) in [6, 6.07) is 0.625. The molecule has 0 aromatic rings. The molecule has 0 aliphatic carbocycles. The molecule has 2 fully saturated rings. The van der Waals surface area contributed by atoms with Gasteiger partial charge in [-0.3, -0.25) is 4.90 Å². The molecule has 1 N–H and O–H groups in total. The van der Waals surface area contributed by atoms with Gasteiger partial charge in [-0.15, -0.1) is 0 Å². The Morgan fingerprint density at radius 2 is 1.78 bits per heavy atom. The number of hydrogen-bond acceptors (Lipinski definition) is 3. The van der Waals surface area contributed by atoms with Gasteiger partial charge < -0.3 is 14.7 Å². The highest BCUT2D eigenvalue weighted by molar-refractivity contribution is 5.65. The molecule has 0 spiro atoms. The van der Waals surface area contributed by atoms with Crippen LogP contribution in [-0.4, -0.2) is 65.9 Å². The van der Waals surface area contributed by atoms with Crippen LogP contribution in [0.15, 0.2) is 0 Å². The lowest BCUT2D eigenvalue weighted by molar-refractivity contribution is 0.00506. The molecule has 2 unspecified atom stereocenters. The fourth-order valence-electron chi connectivity index (χ4n) is 3.10. The third-order valence-electron chi connectivity index (χ3n) is 4.18. The fourth-order valence-corrected chi connectivity index (χ4v) is 3.10. The van der Waals surface area contributed by atoms with Crippen molar-refractivity contribution in [2.24, 2.45) is 5.92 Å². The van der Waals surface area contributed by atoms with Gasteiger partial charge in [0.25, 0.3) is 0 Å². The van der Waals surface area contributed by atoms with Crippen molar-refractivity contribution in [3.63, 3.8) is 0 Å². The van der Waals surface area contributed by atoms with Gasteiger partial charge in [-0.05, 0) is 32.6 Å². The van der Waals surface area contributed by atoms with Crippen LogP contribution in [0, 0.1) is 5.92 Å². The van der Waals surface area contributed by atoms with E-state index in [1.165, 1.54) is 4.90 Å². The number of carboxylic acid groups (broad SMARTS) is 1. The molecule has 5 nitrogen and oxygen atoms in total. The van der Waals surface area contributed by atoms with Gasteiger partial charge in [-0.2, -0.15) is 0 Å². The first kappa shape index (κ1) is 13.6. The maximum absolute atomic E-state index is 11.0. The third-order valence-corrected chi connectivity index (χ3v) is 4.18. The van der Waals surface area contributed by atoms with Gasteiger partial charge in [-0.25, -0.2) is 4.79 Å². The molecule has 2 aliphatic rings. The minimum absolute atomic E-state index is 0.313. The summed E-state index contributed by atoms with van der Waals surface area (Å²) in [5, 5.41) is 9.07. The predicted molar refractivity (Wildman–Crippen MR) is 68.8 cm³/mol. The fraction of sp³-hybridized carbons (Fsp3) is 0.923. The standard InChI is InChI=1S/C13H24N2O3/c1-10-7-14(13(16)17)8-11(2)15(10)9-12-3-5-18-6-4-12/h10-12H,3-9H2,1-2H3,(H,16,17). The summed E-state index contributed by atoms with van der Waals surface area (Å²) in [6.07, 6.45) is 1.48. The number of nitrogens with zero attached hydrogens (tertiary/aromatic N) is 2. The zero-order valence-electron chi connectivity index (χ0n) is 11.3. The summed E-state index contributed by atoms with van der Waals surface area (Å²) < 4.78 is 5.39. The summed E-state index contributed by atoms with van der Waals surface area (Å²) in [4.78, 5) is 15.0. The van der Waals surface area contributed by atoms with Gasteiger partial charge in [0.05, 0.1) is 0 Å². The van der Waals surface area contributed by atoms with E-state index in [0.29, 0.717) is 31.1 Å². The van der Waals surface area contributed by atoms with Crippen LogP contribution in [0.5, 0.6) is 0 Å². The van der Waals surface area contributed by atoms with E-state index in [1.807, 2.05) is 0 Å². The van der Waals surface area contributed by atoms with Crippen LogP contribution >= 0.6 is 0 Å². The zero-order chi connectivity index (χ0) is 13.1. The lowest BCUT2D eigenvalue weighted by atomic mass is 9.97. The lowest BCUT2D eigenvalue weighted by Gasteiger charge is -2.45. The molecule has 0 radical (unpaired) electrons. The van der Waals surface area contributed by atoms with E-state index in [1.54, 1.807) is 0 Å². The Balaban J connectivity index is 1.90. The maximum Gasteiger partial charge on any atom is 0.407 e. The van der Waals surface area contributed by atoms with Crippen molar-refractivity contribution in [1.82, 2.24) is 9.80 Å². The Labute approximate surface area is 109 Å². The number of ether oxygens (including phenoxy) is 1. The van der Waals surface area contributed by atoms with Crippen molar-refractivity contribution in [2.75, 3.05) is 32.8 Å². The van der Waals surface area contributed by atoms with Crippen molar-refractivity contribution in [2.45, 2.75) is 38.8 Å². The molecule has 5 heteroatoms. The van der Waals surface area contributed by atoms with E-state index in [-0.39, 0.29) is 0 Å².